The monoisotopic (exact) mass is 303 g/mol. The summed E-state index contributed by atoms with van der Waals surface area (Å²) in [6.07, 6.45) is 2.99. The van der Waals surface area contributed by atoms with Crippen LogP contribution in [-0.2, 0) is 0 Å². The van der Waals surface area contributed by atoms with Crippen molar-refractivity contribution in [2.45, 2.75) is 0 Å². The molecule has 2 rings (SSSR count). The van der Waals surface area contributed by atoms with Crippen molar-refractivity contribution < 1.29 is 9.59 Å². The van der Waals surface area contributed by atoms with Crippen molar-refractivity contribution in [3.63, 3.8) is 0 Å². The number of urea groups is 1. The third-order valence-electron chi connectivity index (χ3n) is 2.40. The summed E-state index contributed by atoms with van der Waals surface area (Å²) in [4.78, 5) is 23.2. The number of amides is 3. The lowest BCUT2D eigenvalue weighted by Crippen LogP contribution is -2.28. The highest BCUT2D eigenvalue weighted by molar-refractivity contribution is 6.99. The van der Waals surface area contributed by atoms with Gasteiger partial charge in [-0.3, -0.25) is 4.79 Å². The molecule has 108 valence electrons. The predicted molar refractivity (Wildman–Crippen MR) is 81.5 cm³/mol. The summed E-state index contributed by atoms with van der Waals surface area (Å²) in [5.74, 6) is -0.326. The minimum atomic E-state index is -0.326. The Labute approximate surface area is 125 Å². The second kappa shape index (κ2) is 7.15. The fourth-order valence-corrected chi connectivity index (χ4v) is 1.85. The van der Waals surface area contributed by atoms with Crippen LogP contribution in [0.15, 0.2) is 43.1 Å². The van der Waals surface area contributed by atoms with Gasteiger partial charge in [0.05, 0.1) is 17.9 Å². The van der Waals surface area contributed by atoms with Gasteiger partial charge >= 0.3 is 6.03 Å². The van der Waals surface area contributed by atoms with Gasteiger partial charge in [0.1, 0.15) is 0 Å². The van der Waals surface area contributed by atoms with E-state index in [1.807, 2.05) is 0 Å². The molecule has 0 fully saturated rings. The number of rotatable bonds is 5. The van der Waals surface area contributed by atoms with Crippen LogP contribution in [0, 0.1) is 0 Å². The van der Waals surface area contributed by atoms with E-state index in [9.17, 15) is 9.59 Å². The van der Waals surface area contributed by atoms with Gasteiger partial charge in [-0.1, -0.05) is 6.08 Å². The van der Waals surface area contributed by atoms with Crippen LogP contribution in [0.5, 0.6) is 0 Å². The first-order valence-electron chi connectivity index (χ1n) is 6.04. The number of hydrogen-bond donors (Lipinski definition) is 3. The molecule has 1 heterocycles. The topological polar surface area (TPSA) is 96.0 Å². The summed E-state index contributed by atoms with van der Waals surface area (Å²) in [5.41, 5.74) is 1.49. The molecule has 0 atom stereocenters. The molecule has 0 spiro atoms. The highest BCUT2D eigenvalue weighted by Gasteiger charge is 2.08. The summed E-state index contributed by atoms with van der Waals surface area (Å²) in [6, 6.07) is 6.41. The maximum Gasteiger partial charge on any atom is 0.319 e. The zero-order chi connectivity index (χ0) is 15.1. The molecule has 1 aromatic carbocycles. The Morgan fingerprint density at radius 1 is 1.19 bits per heavy atom. The third kappa shape index (κ3) is 4.39. The van der Waals surface area contributed by atoms with Crippen molar-refractivity contribution >= 4 is 35.0 Å². The molecule has 0 aliphatic rings. The molecule has 0 saturated heterocycles. The van der Waals surface area contributed by atoms with Crippen LogP contribution in [0.3, 0.4) is 0 Å². The summed E-state index contributed by atoms with van der Waals surface area (Å²) in [6.45, 7) is 3.90. The van der Waals surface area contributed by atoms with E-state index in [1.165, 1.54) is 6.20 Å². The van der Waals surface area contributed by atoms with Crippen LogP contribution < -0.4 is 16.0 Å². The van der Waals surface area contributed by atoms with E-state index in [0.29, 0.717) is 17.9 Å². The molecular weight excluding hydrogens is 290 g/mol. The average Bonchev–Trinajstić information content (AvgIpc) is 3.01. The fraction of sp³-hybridized carbons (Fsp3) is 0.0769. The standard InChI is InChI=1S/C13H13N5O2S/c1-2-7-14-13(20)17-10-5-3-9(4-6-10)16-12(19)11-8-15-21-18-11/h2-6,8H,1,7H2,(H,16,19)(H2,14,17,20). The minimum Gasteiger partial charge on any atom is -0.334 e. The van der Waals surface area contributed by atoms with E-state index >= 15 is 0 Å². The molecule has 0 aliphatic heterocycles. The lowest BCUT2D eigenvalue weighted by atomic mass is 10.2. The highest BCUT2D eigenvalue weighted by atomic mass is 32.1. The number of carbonyl (C=O) groups excluding carboxylic acids is 2. The SMILES string of the molecule is C=CCNC(=O)Nc1ccc(NC(=O)c2cnsn2)cc1. The highest BCUT2D eigenvalue weighted by Crippen LogP contribution is 2.14. The molecule has 2 aromatic rings. The Morgan fingerprint density at radius 2 is 1.86 bits per heavy atom. The number of carbonyl (C=O) groups is 2. The Bertz CT molecular complexity index is 625. The molecule has 0 radical (unpaired) electrons. The van der Waals surface area contributed by atoms with Crippen LogP contribution in [0.1, 0.15) is 10.5 Å². The number of nitrogens with one attached hydrogen (secondary N) is 3. The van der Waals surface area contributed by atoms with Crippen LogP contribution in [0.25, 0.3) is 0 Å². The van der Waals surface area contributed by atoms with Crippen molar-refractivity contribution in [2.75, 3.05) is 17.2 Å². The van der Waals surface area contributed by atoms with Gasteiger partial charge in [0.25, 0.3) is 5.91 Å². The first-order chi connectivity index (χ1) is 10.2. The molecule has 0 saturated carbocycles. The molecule has 8 heteroatoms. The number of hydrogen-bond acceptors (Lipinski definition) is 5. The normalized spacial score (nSPS) is 9.71. The van der Waals surface area contributed by atoms with Crippen LogP contribution in [0.2, 0.25) is 0 Å². The molecule has 0 unspecified atom stereocenters. The summed E-state index contributed by atoms with van der Waals surface area (Å²) in [7, 11) is 0. The van der Waals surface area contributed by atoms with E-state index in [0.717, 1.165) is 11.7 Å². The van der Waals surface area contributed by atoms with E-state index in [2.05, 4.69) is 31.3 Å². The third-order valence-corrected chi connectivity index (χ3v) is 2.88. The van der Waals surface area contributed by atoms with Crippen molar-refractivity contribution in [1.29, 1.82) is 0 Å². The second-order valence-corrected chi connectivity index (χ2v) is 4.50. The van der Waals surface area contributed by atoms with Gasteiger partial charge in [-0.2, -0.15) is 8.75 Å². The Hall–Kier alpha value is -2.74. The maximum atomic E-state index is 11.8. The van der Waals surface area contributed by atoms with E-state index < -0.39 is 0 Å². The zero-order valence-corrected chi connectivity index (χ0v) is 11.8. The second-order valence-electron chi connectivity index (χ2n) is 3.95. The predicted octanol–water partition coefficient (Wildman–Crippen LogP) is 2.10. The van der Waals surface area contributed by atoms with Crippen molar-refractivity contribution in [2.24, 2.45) is 0 Å². The van der Waals surface area contributed by atoms with Crippen LogP contribution in [0.4, 0.5) is 16.2 Å². The molecule has 3 N–H and O–H groups in total. The number of aromatic nitrogens is 2. The van der Waals surface area contributed by atoms with Crippen molar-refractivity contribution in [3.8, 4) is 0 Å². The quantitative estimate of drug-likeness (QED) is 0.737. The maximum absolute atomic E-state index is 11.8. The average molecular weight is 303 g/mol. The van der Waals surface area contributed by atoms with Gasteiger partial charge < -0.3 is 16.0 Å². The van der Waals surface area contributed by atoms with E-state index in [-0.39, 0.29) is 17.6 Å². The first-order valence-corrected chi connectivity index (χ1v) is 6.77. The Balaban J connectivity index is 1.91. The van der Waals surface area contributed by atoms with Gasteiger partial charge in [-0.15, -0.1) is 6.58 Å². The lowest BCUT2D eigenvalue weighted by molar-refractivity contribution is 0.102. The van der Waals surface area contributed by atoms with Crippen LogP contribution in [-0.4, -0.2) is 27.2 Å². The fourth-order valence-electron chi connectivity index (χ4n) is 1.44. The molecule has 7 nitrogen and oxygen atoms in total. The van der Waals surface area contributed by atoms with Gasteiger partial charge in [-0.05, 0) is 24.3 Å². The lowest BCUT2D eigenvalue weighted by Gasteiger charge is -2.07. The summed E-state index contributed by atoms with van der Waals surface area (Å²) >= 11 is 0.972. The smallest absolute Gasteiger partial charge is 0.319 e. The van der Waals surface area contributed by atoms with Crippen molar-refractivity contribution in [3.05, 3.63) is 48.8 Å². The van der Waals surface area contributed by atoms with E-state index in [4.69, 9.17) is 0 Å². The molecule has 1 aromatic heterocycles. The first kappa shape index (κ1) is 14.7. The largest absolute Gasteiger partial charge is 0.334 e. The van der Waals surface area contributed by atoms with Crippen molar-refractivity contribution in [1.82, 2.24) is 14.1 Å². The zero-order valence-electron chi connectivity index (χ0n) is 11.0. The molecule has 21 heavy (non-hydrogen) atoms. The number of benzene rings is 1. The van der Waals surface area contributed by atoms with Crippen LogP contribution >= 0.6 is 11.7 Å². The Kier molecular flexibility index (Phi) is 4.99. The van der Waals surface area contributed by atoms with Gasteiger partial charge in [0, 0.05) is 17.9 Å². The Morgan fingerprint density at radius 3 is 2.43 bits per heavy atom. The number of nitrogens with zero attached hydrogens (tertiary/aromatic N) is 2. The molecule has 3 amide bonds. The minimum absolute atomic E-state index is 0.269. The molecule has 0 bridgehead atoms. The summed E-state index contributed by atoms with van der Waals surface area (Å²) < 4.78 is 7.61. The summed E-state index contributed by atoms with van der Waals surface area (Å²) in [5, 5.41) is 7.93. The molecular formula is C13H13N5O2S. The number of anilines is 2. The van der Waals surface area contributed by atoms with Gasteiger partial charge in [-0.25, -0.2) is 4.79 Å². The van der Waals surface area contributed by atoms with Gasteiger partial charge in [0.15, 0.2) is 5.69 Å². The van der Waals surface area contributed by atoms with E-state index in [1.54, 1.807) is 30.3 Å². The van der Waals surface area contributed by atoms with Gasteiger partial charge in [0.2, 0.25) is 0 Å². The molecule has 0 aliphatic carbocycles.